The fraction of sp³-hybridized carbons (Fsp3) is 0.600. The van der Waals surface area contributed by atoms with Crippen LogP contribution in [0.1, 0.15) is 19.5 Å². The van der Waals surface area contributed by atoms with Crippen molar-refractivity contribution in [3.8, 4) is 0 Å². The number of rotatable bonds is 6. The van der Waals surface area contributed by atoms with Gasteiger partial charge in [-0.2, -0.15) is 0 Å². The highest BCUT2D eigenvalue weighted by Gasteiger charge is 2.11. The second kappa shape index (κ2) is 6.19. The molecule has 15 heavy (non-hydrogen) atoms. The van der Waals surface area contributed by atoms with E-state index in [2.05, 4.69) is 20.6 Å². The van der Waals surface area contributed by atoms with Crippen LogP contribution in [0.15, 0.2) is 12.5 Å². The maximum absolute atomic E-state index is 11.6. The summed E-state index contributed by atoms with van der Waals surface area (Å²) in [5.74, 6) is 0.0541. The minimum Gasteiger partial charge on any atom is -0.350 e. The molecule has 0 fully saturated rings. The van der Waals surface area contributed by atoms with E-state index < -0.39 is 0 Å². The Morgan fingerprint density at radius 2 is 2.47 bits per heavy atom. The average Bonchev–Trinajstić information content (AvgIpc) is 2.75. The van der Waals surface area contributed by atoms with Gasteiger partial charge in [0.2, 0.25) is 5.91 Å². The van der Waals surface area contributed by atoms with Crippen molar-refractivity contribution in [2.75, 3.05) is 13.1 Å². The summed E-state index contributed by atoms with van der Waals surface area (Å²) < 4.78 is 0. The molecule has 0 saturated heterocycles. The SMILES string of the molecule is CCNCC(C)C(=O)NCc1cnc[nH]1. The van der Waals surface area contributed by atoms with Gasteiger partial charge in [-0.15, -0.1) is 0 Å². The zero-order valence-electron chi connectivity index (χ0n) is 9.21. The van der Waals surface area contributed by atoms with Crippen molar-refractivity contribution in [2.24, 2.45) is 5.92 Å². The number of hydrogen-bond donors (Lipinski definition) is 3. The summed E-state index contributed by atoms with van der Waals surface area (Å²) in [5.41, 5.74) is 0.916. The van der Waals surface area contributed by atoms with Crippen LogP contribution in [0.4, 0.5) is 0 Å². The van der Waals surface area contributed by atoms with Crippen LogP contribution in [0.2, 0.25) is 0 Å². The van der Waals surface area contributed by atoms with Crippen LogP contribution >= 0.6 is 0 Å². The van der Waals surface area contributed by atoms with Crippen molar-refractivity contribution >= 4 is 5.91 Å². The number of hydrogen-bond acceptors (Lipinski definition) is 3. The van der Waals surface area contributed by atoms with Gasteiger partial charge in [0.15, 0.2) is 0 Å². The Labute approximate surface area is 89.7 Å². The summed E-state index contributed by atoms with van der Waals surface area (Å²) in [4.78, 5) is 18.4. The van der Waals surface area contributed by atoms with Gasteiger partial charge in [0, 0.05) is 18.7 Å². The predicted octanol–water partition coefficient (Wildman–Crippen LogP) is 0.272. The molecule has 5 nitrogen and oxygen atoms in total. The number of nitrogens with zero attached hydrogens (tertiary/aromatic N) is 1. The molecular weight excluding hydrogens is 192 g/mol. The number of amides is 1. The molecule has 1 aromatic heterocycles. The fourth-order valence-electron chi connectivity index (χ4n) is 1.19. The zero-order valence-corrected chi connectivity index (χ0v) is 9.21. The van der Waals surface area contributed by atoms with Crippen LogP contribution in [0.25, 0.3) is 0 Å². The van der Waals surface area contributed by atoms with Crippen molar-refractivity contribution in [1.29, 1.82) is 0 Å². The lowest BCUT2D eigenvalue weighted by atomic mass is 10.1. The maximum Gasteiger partial charge on any atom is 0.224 e. The normalized spacial score (nSPS) is 12.4. The Hall–Kier alpha value is -1.36. The molecular formula is C10H18N4O. The summed E-state index contributed by atoms with van der Waals surface area (Å²) in [6.07, 6.45) is 3.30. The van der Waals surface area contributed by atoms with E-state index in [4.69, 9.17) is 0 Å². The third-order valence-corrected chi connectivity index (χ3v) is 2.16. The lowest BCUT2D eigenvalue weighted by Crippen LogP contribution is -2.34. The Morgan fingerprint density at radius 1 is 1.67 bits per heavy atom. The molecule has 1 atom stereocenters. The van der Waals surface area contributed by atoms with Gasteiger partial charge >= 0.3 is 0 Å². The standard InChI is InChI=1S/C10H18N4O/c1-3-11-4-8(2)10(15)13-6-9-5-12-7-14-9/h5,7-8,11H,3-4,6H2,1-2H3,(H,12,14)(H,13,15). The highest BCUT2D eigenvalue weighted by Crippen LogP contribution is 1.95. The van der Waals surface area contributed by atoms with Gasteiger partial charge in [-0.3, -0.25) is 4.79 Å². The Morgan fingerprint density at radius 3 is 3.07 bits per heavy atom. The number of carbonyl (C=O) groups excluding carboxylic acids is 1. The first-order chi connectivity index (χ1) is 7.24. The minimum atomic E-state index is -0.00660. The second-order valence-corrected chi connectivity index (χ2v) is 3.50. The first-order valence-corrected chi connectivity index (χ1v) is 5.19. The average molecular weight is 210 g/mol. The van der Waals surface area contributed by atoms with E-state index in [1.807, 2.05) is 13.8 Å². The van der Waals surface area contributed by atoms with E-state index in [-0.39, 0.29) is 11.8 Å². The van der Waals surface area contributed by atoms with Gasteiger partial charge in [0.1, 0.15) is 0 Å². The molecule has 0 aliphatic carbocycles. The summed E-state index contributed by atoms with van der Waals surface area (Å²) in [5, 5.41) is 5.98. The van der Waals surface area contributed by atoms with E-state index in [9.17, 15) is 4.79 Å². The number of aromatic nitrogens is 2. The molecule has 0 spiro atoms. The molecule has 3 N–H and O–H groups in total. The summed E-state index contributed by atoms with van der Waals surface area (Å²) in [6.45, 7) is 6.04. The van der Waals surface area contributed by atoms with E-state index in [0.717, 1.165) is 12.2 Å². The van der Waals surface area contributed by atoms with Gasteiger partial charge in [-0.05, 0) is 6.54 Å². The van der Waals surface area contributed by atoms with Crippen LogP contribution in [0.3, 0.4) is 0 Å². The molecule has 1 heterocycles. The maximum atomic E-state index is 11.6. The second-order valence-electron chi connectivity index (χ2n) is 3.50. The number of nitrogens with one attached hydrogen (secondary N) is 3. The highest BCUT2D eigenvalue weighted by atomic mass is 16.1. The van der Waals surface area contributed by atoms with Crippen LogP contribution in [-0.4, -0.2) is 29.0 Å². The molecule has 0 aliphatic rings. The van der Waals surface area contributed by atoms with Crippen molar-refractivity contribution in [1.82, 2.24) is 20.6 Å². The lowest BCUT2D eigenvalue weighted by Gasteiger charge is -2.11. The summed E-state index contributed by atoms with van der Waals surface area (Å²) in [7, 11) is 0. The summed E-state index contributed by atoms with van der Waals surface area (Å²) in [6, 6.07) is 0. The number of imidazole rings is 1. The Kier molecular flexibility index (Phi) is 4.83. The van der Waals surface area contributed by atoms with E-state index >= 15 is 0 Å². The quantitative estimate of drug-likeness (QED) is 0.631. The third-order valence-electron chi connectivity index (χ3n) is 2.16. The molecule has 1 unspecified atom stereocenters. The van der Waals surface area contributed by atoms with Crippen LogP contribution < -0.4 is 10.6 Å². The fourth-order valence-corrected chi connectivity index (χ4v) is 1.19. The molecule has 84 valence electrons. The van der Waals surface area contributed by atoms with E-state index in [1.54, 1.807) is 12.5 Å². The largest absolute Gasteiger partial charge is 0.350 e. The molecule has 1 amide bonds. The van der Waals surface area contributed by atoms with Gasteiger partial charge in [0.05, 0.1) is 18.6 Å². The van der Waals surface area contributed by atoms with Gasteiger partial charge < -0.3 is 15.6 Å². The monoisotopic (exact) mass is 210 g/mol. The summed E-state index contributed by atoms with van der Waals surface area (Å²) >= 11 is 0. The number of aromatic amines is 1. The predicted molar refractivity (Wildman–Crippen MR) is 58.1 cm³/mol. The molecule has 0 saturated carbocycles. The molecule has 0 aromatic carbocycles. The molecule has 1 rings (SSSR count). The number of H-pyrrole nitrogens is 1. The van der Waals surface area contributed by atoms with Crippen LogP contribution in [0, 0.1) is 5.92 Å². The topological polar surface area (TPSA) is 69.8 Å². The first-order valence-electron chi connectivity index (χ1n) is 5.19. The van der Waals surface area contributed by atoms with E-state index in [1.165, 1.54) is 0 Å². The zero-order chi connectivity index (χ0) is 11.1. The van der Waals surface area contributed by atoms with Crippen molar-refractivity contribution in [3.05, 3.63) is 18.2 Å². The van der Waals surface area contributed by atoms with Gasteiger partial charge in [-0.1, -0.05) is 13.8 Å². The lowest BCUT2D eigenvalue weighted by molar-refractivity contribution is -0.124. The minimum absolute atomic E-state index is 0.00660. The Bertz CT molecular complexity index is 284. The highest BCUT2D eigenvalue weighted by molar-refractivity contribution is 5.78. The van der Waals surface area contributed by atoms with Crippen molar-refractivity contribution < 1.29 is 4.79 Å². The van der Waals surface area contributed by atoms with Gasteiger partial charge in [-0.25, -0.2) is 4.98 Å². The Balaban J connectivity index is 2.23. The molecule has 5 heteroatoms. The van der Waals surface area contributed by atoms with Crippen LogP contribution in [0.5, 0.6) is 0 Å². The van der Waals surface area contributed by atoms with Gasteiger partial charge in [0.25, 0.3) is 0 Å². The first kappa shape index (κ1) is 11.7. The van der Waals surface area contributed by atoms with E-state index in [0.29, 0.717) is 13.1 Å². The molecule has 0 radical (unpaired) electrons. The smallest absolute Gasteiger partial charge is 0.224 e. The third kappa shape index (κ3) is 4.12. The molecule has 0 aliphatic heterocycles. The van der Waals surface area contributed by atoms with Crippen molar-refractivity contribution in [2.45, 2.75) is 20.4 Å². The molecule has 1 aromatic rings. The molecule has 0 bridgehead atoms. The number of carbonyl (C=O) groups is 1. The van der Waals surface area contributed by atoms with Crippen LogP contribution in [-0.2, 0) is 11.3 Å². The van der Waals surface area contributed by atoms with Crippen molar-refractivity contribution in [3.63, 3.8) is 0 Å².